The van der Waals surface area contributed by atoms with Crippen LogP contribution in [0.25, 0.3) is 0 Å². The minimum Gasteiger partial charge on any atom is -0.477 e. The summed E-state index contributed by atoms with van der Waals surface area (Å²) in [5, 5.41) is 337. The summed E-state index contributed by atoms with van der Waals surface area (Å²) < 4.78 is 113. The first kappa shape index (κ1) is 109. The minimum atomic E-state index is -3.32. The van der Waals surface area contributed by atoms with Gasteiger partial charge in [0, 0.05) is 41.0 Å². The fourth-order valence-electron chi connectivity index (χ4n) is 17.0. The van der Waals surface area contributed by atoms with Crippen molar-refractivity contribution in [1.82, 2.24) is 26.6 Å². The lowest BCUT2D eigenvalue weighted by atomic mass is 9.88. The highest BCUT2D eigenvalue weighted by atomic mass is 16.8. The molecule has 1 unspecified atom stereocenters. The third kappa shape index (κ3) is 24.0. The highest BCUT2D eigenvalue weighted by Crippen LogP contribution is 2.43. The maximum absolute atomic E-state index is 13.3. The maximum Gasteiger partial charge on any atom is 0.364 e. The summed E-state index contributed by atoms with van der Waals surface area (Å²) >= 11 is 0. The van der Waals surface area contributed by atoms with Crippen LogP contribution in [-0.2, 0) is 119 Å². The zero-order chi connectivity index (χ0) is 97.6. The van der Waals surface area contributed by atoms with Gasteiger partial charge in [-0.2, -0.15) is 0 Å². The molecule has 10 aliphatic rings. The molecule has 132 heavy (non-hydrogen) atoms. The summed E-state index contributed by atoms with van der Waals surface area (Å²) in [4.78, 5) is 77.1. The molecule has 0 aromatic heterocycles. The molecule has 0 spiro atoms. The van der Waals surface area contributed by atoms with E-state index in [1.807, 2.05) is 0 Å². The van der Waals surface area contributed by atoms with Crippen molar-refractivity contribution in [2.24, 2.45) is 0 Å². The number of aliphatic hydroxyl groups excluding tert-OH is 28. The first-order chi connectivity index (χ1) is 62.3. The van der Waals surface area contributed by atoms with Crippen LogP contribution in [0.3, 0.4) is 0 Å². The predicted molar refractivity (Wildman–Crippen MR) is 405 cm³/mol. The second kappa shape index (κ2) is 47.3. The van der Waals surface area contributed by atoms with Crippen molar-refractivity contribution in [2.75, 3.05) is 66.1 Å². The molecular weight excluding hydrogens is 1810 g/mol. The lowest BCUT2D eigenvalue weighted by Gasteiger charge is -2.51. The molecule has 0 saturated carbocycles. The average Bonchev–Trinajstić information content (AvgIpc) is 0.737. The van der Waals surface area contributed by atoms with Crippen LogP contribution >= 0.6 is 0 Å². The fraction of sp³-hybridized carbons (Fsp3) is 0.918. The molecule has 10 aliphatic heterocycles. The number of aliphatic hydroxyl groups is 28. The highest BCUT2D eigenvalue weighted by Gasteiger charge is 2.64. The normalized spacial score (nSPS) is 47.2. The van der Waals surface area contributed by atoms with E-state index < -0.39 is 420 Å². The number of carbonyl (C=O) groups excluding carboxylic acids is 5. The molecule has 0 aromatic carbocycles. The van der Waals surface area contributed by atoms with E-state index >= 15 is 0 Å². The maximum atomic E-state index is 13.3. The molecule has 5 amide bonds. The highest BCUT2D eigenvalue weighted by molar-refractivity contribution is 5.77. The van der Waals surface area contributed by atoms with Gasteiger partial charge in [-0.15, -0.1) is 0 Å². The minimum absolute atomic E-state index is 0.815. The number of hydrogen-bond donors (Lipinski definition) is 34. The number of rotatable bonds is 36. The van der Waals surface area contributed by atoms with Crippen molar-refractivity contribution in [3.8, 4) is 0 Å². The third-order valence-corrected chi connectivity index (χ3v) is 23.8. The largest absolute Gasteiger partial charge is 0.477 e. The molecule has 59 nitrogen and oxygen atoms in total. The molecule has 10 fully saturated rings. The monoisotopic (exact) mass is 1930 g/mol. The van der Waals surface area contributed by atoms with Crippen molar-refractivity contribution in [2.45, 2.75) is 353 Å². The predicted octanol–water partition coefficient (Wildman–Crippen LogP) is -22.9. The van der Waals surface area contributed by atoms with Gasteiger partial charge in [0.2, 0.25) is 29.5 Å². The zero-order valence-electron chi connectivity index (χ0n) is 70.8. The molecule has 0 aromatic rings. The van der Waals surface area contributed by atoms with Gasteiger partial charge in [-0.25, -0.2) is 4.79 Å². The van der Waals surface area contributed by atoms with Crippen molar-refractivity contribution < 1.29 is 267 Å². The van der Waals surface area contributed by atoms with Gasteiger partial charge >= 0.3 is 5.97 Å². The summed E-state index contributed by atoms with van der Waals surface area (Å²) in [6.45, 7) is -7.28. The molecular formula is C73H121N5O54. The van der Waals surface area contributed by atoms with Crippen LogP contribution in [-0.4, -0.2) is 562 Å². The summed E-state index contributed by atoms with van der Waals surface area (Å²) in [6, 6.07) is -9.53. The Kier molecular flexibility index (Phi) is 39.0. The lowest BCUT2D eigenvalue weighted by Crippen LogP contribution is -2.71. The molecule has 10 saturated heterocycles. The van der Waals surface area contributed by atoms with Gasteiger partial charge in [-0.1, -0.05) is 0 Å². The number of ether oxygens (including phenoxy) is 19. The molecule has 10 rings (SSSR count). The van der Waals surface area contributed by atoms with E-state index in [0.717, 1.165) is 34.6 Å². The molecule has 0 radical (unpaired) electrons. The zero-order valence-corrected chi connectivity index (χ0v) is 70.8. The molecule has 0 bridgehead atoms. The SMILES string of the molecule is CC(=O)N[C@H]1[C@H](O[C@H]2[C@H](O)[C@@H](NC(C)=O)C(O)O[C@@H]2CO)O[C@H](CO)[C@@H](O[C@@H]2O[C@H](CO[C@H]3O[C@H](CO)[C@@H](O)[C@H](O)[C@@H]3O[C@@H]3O[C@H](CO)[C@@H](O[C@@H]4O[C@H](CO)[C@H](O)[C@H](O[C@]5(C(=O)O)C[C@H](O)[C@@H](NC(C)=O)[C@H]([C@H](O)[C@H](O)CO)O5)[C@H]4O)[C@H](O)[C@H]3NC(C)=O)[C@@H](O)[C@H](O[C@H]3O[C@H](CO)[C@@H](O)[C@H](O)[C@@H]3O[C@@H]3O[C@H](CO)[C@@H](O[C@@H]4O[C@H](CO)[C@H](O)[C@H](O)[C@H]4O)[C@H](O)[C@H]3NC(C)=O)[C@@H]2O)[C@@H]1O. The van der Waals surface area contributed by atoms with Gasteiger partial charge in [0.1, 0.15) is 238 Å². The van der Waals surface area contributed by atoms with E-state index in [0.29, 0.717) is 0 Å². The number of amides is 5. The fourth-order valence-corrected chi connectivity index (χ4v) is 17.0. The molecule has 10 heterocycles. The van der Waals surface area contributed by atoms with E-state index in [-0.39, 0.29) is 0 Å². The summed E-state index contributed by atoms with van der Waals surface area (Å²) in [5.41, 5.74) is 0. The second-order valence-corrected chi connectivity index (χ2v) is 33.1. The number of aliphatic carboxylic acids is 1. The van der Waals surface area contributed by atoms with Gasteiger partial charge in [0.25, 0.3) is 5.79 Å². The van der Waals surface area contributed by atoms with Crippen LogP contribution in [0.15, 0.2) is 0 Å². The van der Waals surface area contributed by atoms with Crippen molar-refractivity contribution in [3.63, 3.8) is 0 Å². The standard InChI is InChI=1S/C73H121N5O54/c1-17(88)74-33-22(93)6-73(72(112)113,131-58(33)38(95)23(94)7-79)132-60-42(99)27(11-83)117-69(53(60)110)127-57-31(15-87)121-65(36(47(57)104)77-20(4)91)129-61-49(106)40(97)25(9-81)118-70(61)114-16-32-43(100)59(52(109)68(123-32)126-56-30(14-86)120-64(35(45(56)102)76-19(3)90)124-54-28(12-84)115-63(111)34(44(54)101)75-18(2)89)128-71-62(50(107)41(98)26(10-82)119-71)130-66-37(78-21(5)92)46(103)55(29(13-85)122-66)125-67-51(108)48(105)39(96)24(8-80)116-67/h22-71,79-87,93-111H,6-16H2,1-5H3,(H,74,88)(H,75,89)(H,76,90)(H,77,91)(H,78,92)(H,112,113)/t22-,23+,24+,25+,26+,27+,28+,29+,30+,31+,32+,33+,34+,35+,36+,37+,38+,39-,40+,41+,42-,43+,44+,45+,46+,47+,48-,49-,50-,51+,52-,53+,54+,55+,56+,57+,58+,59-,60-,61-,62-,63?,64-,65-,66-,67-,68-,69-,70-,71+,73-/m0/s1. The Morgan fingerprint density at radius 2 is 0.614 bits per heavy atom. The molecule has 0 aliphatic carbocycles. The van der Waals surface area contributed by atoms with Crippen molar-refractivity contribution in [3.05, 3.63) is 0 Å². The Balaban J connectivity index is 0.968. The Hall–Kier alpha value is -5.06. The number of carboxylic acids is 1. The third-order valence-electron chi connectivity index (χ3n) is 23.8. The first-order valence-electron chi connectivity index (χ1n) is 41.8. The number of carboxylic acid groups (broad SMARTS) is 1. The smallest absolute Gasteiger partial charge is 0.364 e. The quantitative estimate of drug-likeness (QED) is 0.0277. The van der Waals surface area contributed by atoms with E-state index in [1.54, 1.807) is 0 Å². The van der Waals surface area contributed by atoms with Gasteiger partial charge in [0.05, 0.1) is 78.2 Å². The van der Waals surface area contributed by atoms with Gasteiger partial charge < -0.3 is 265 Å². The lowest BCUT2D eigenvalue weighted by molar-refractivity contribution is -0.399. The number of carbonyl (C=O) groups is 6. The Bertz CT molecular complexity index is 3680. The van der Waals surface area contributed by atoms with Crippen LogP contribution in [0.5, 0.6) is 0 Å². The Labute approximate surface area is 746 Å². The van der Waals surface area contributed by atoms with Crippen LogP contribution in [0, 0.1) is 0 Å². The summed E-state index contributed by atoms with van der Waals surface area (Å²) in [6.07, 6.45) is -100. The van der Waals surface area contributed by atoms with E-state index in [1.165, 1.54) is 0 Å². The van der Waals surface area contributed by atoms with Crippen LogP contribution in [0.4, 0.5) is 0 Å². The van der Waals surface area contributed by atoms with Gasteiger partial charge in [-0.05, 0) is 0 Å². The van der Waals surface area contributed by atoms with Gasteiger partial charge in [0.15, 0.2) is 56.6 Å². The number of nitrogens with one attached hydrogen (secondary N) is 5. The van der Waals surface area contributed by atoms with Crippen molar-refractivity contribution in [1.29, 1.82) is 0 Å². The number of hydrogen-bond acceptors (Lipinski definition) is 53. The summed E-state index contributed by atoms with van der Waals surface area (Å²) in [7, 11) is 0. The topological polar surface area (TPSA) is 925 Å². The van der Waals surface area contributed by atoms with Crippen LogP contribution in [0.1, 0.15) is 41.0 Å². The van der Waals surface area contributed by atoms with Gasteiger partial charge in [-0.3, -0.25) is 24.0 Å². The summed E-state index contributed by atoms with van der Waals surface area (Å²) in [5.74, 6) is -10.2. The van der Waals surface area contributed by atoms with Crippen LogP contribution < -0.4 is 26.6 Å². The Morgan fingerprint density at radius 1 is 0.311 bits per heavy atom. The van der Waals surface area contributed by atoms with Crippen molar-refractivity contribution >= 4 is 35.5 Å². The van der Waals surface area contributed by atoms with E-state index in [2.05, 4.69) is 26.6 Å². The Morgan fingerprint density at radius 3 is 1.02 bits per heavy atom. The second-order valence-electron chi connectivity index (χ2n) is 33.1. The molecule has 762 valence electrons. The molecule has 51 atom stereocenters. The first-order valence-corrected chi connectivity index (χ1v) is 41.8. The molecule has 59 heteroatoms. The van der Waals surface area contributed by atoms with E-state index in [9.17, 15) is 177 Å². The molecule has 34 N–H and O–H groups in total. The van der Waals surface area contributed by atoms with E-state index in [4.69, 9.17) is 90.0 Å². The average molecular weight is 1930 g/mol. The van der Waals surface area contributed by atoms with Crippen LogP contribution in [0.2, 0.25) is 0 Å².